The lowest BCUT2D eigenvalue weighted by atomic mass is 10.1. The molecule has 2 aliphatic heterocycles. The van der Waals surface area contributed by atoms with Crippen LogP contribution in [0.15, 0.2) is 30.3 Å². The molecule has 2 aliphatic rings. The number of hydrogen-bond donors (Lipinski definition) is 0. The maximum Gasteiger partial charge on any atom is 0.264 e. The van der Waals surface area contributed by atoms with E-state index in [1.807, 2.05) is 11.0 Å². The minimum absolute atomic E-state index is 0.0455. The van der Waals surface area contributed by atoms with Gasteiger partial charge >= 0.3 is 0 Å². The molecule has 136 valence electrons. The van der Waals surface area contributed by atoms with Crippen molar-refractivity contribution in [3.05, 3.63) is 57.0 Å². The molecule has 0 aliphatic carbocycles. The van der Waals surface area contributed by atoms with E-state index >= 15 is 0 Å². The van der Waals surface area contributed by atoms with Gasteiger partial charge in [0.15, 0.2) is 0 Å². The highest BCUT2D eigenvalue weighted by Gasteiger charge is 2.27. The standard InChI is InChI=1S/C19H19FN2O3S/c20-15-3-1-13(2-4-15)18(23)22-6-5-16-14(12-22)11-17(26-16)19(24)21-7-9-25-10-8-21/h1-4,11H,5-10,12H2. The van der Waals surface area contributed by atoms with Crippen LogP contribution in [0.25, 0.3) is 0 Å². The van der Waals surface area contributed by atoms with Gasteiger partial charge < -0.3 is 14.5 Å². The van der Waals surface area contributed by atoms with Gasteiger partial charge in [-0.1, -0.05) is 0 Å². The summed E-state index contributed by atoms with van der Waals surface area (Å²) in [6, 6.07) is 7.53. The topological polar surface area (TPSA) is 49.9 Å². The van der Waals surface area contributed by atoms with Crippen LogP contribution in [-0.4, -0.2) is 54.5 Å². The minimum atomic E-state index is -0.355. The molecule has 0 spiro atoms. The van der Waals surface area contributed by atoms with E-state index in [-0.39, 0.29) is 17.6 Å². The Hall–Kier alpha value is -2.25. The summed E-state index contributed by atoms with van der Waals surface area (Å²) in [6.07, 6.45) is 0.739. The molecule has 2 aromatic rings. The molecule has 1 aromatic heterocycles. The van der Waals surface area contributed by atoms with E-state index in [1.165, 1.54) is 40.5 Å². The summed E-state index contributed by atoms with van der Waals surface area (Å²) in [6.45, 7) is 3.49. The zero-order valence-electron chi connectivity index (χ0n) is 14.2. The van der Waals surface area contributed by atoms with Crippen molar-refractivity contribution < 1.29 is 18.7 Å². The molecule has 2 amide bonds. The van der Waals surface area contributed by atoms with Gasteiger partial charge in [-0.15, -0.1) is 11.3 Å². The van der Waals surface area contributed by atoms with Crippen LogP contribution in [0.4, 0.5) is 4.39 Å². The van der Waals surface area contributed by atoms with Gasteiger partial charge in [0.25, 0.3) is 11.8 Å². The molecule has 0 N–H and O–H groups in total. The van der Waals surface area contributed by atoms with E-state index in [0.29, 0.717) is 45.0 Å². The molecule has 3 heterocycles. The maximum absolute atomic E-state index is 13.1. The molecule has 7 heteroatoms. The Labute approximate surface area is 155 Å². The van der Waals surface area contributed by atoms with E-state index in [0.717, 1.165) is 16.9 Å². The Morgan fingerprint density at radius 3 is 2.46 bits per heavy atom. The van der Waals surface area contributed by atoms with Crippen LogP contribution in [0.3, 0.4) is 0 Å². The number of halogens is 1. The smallest absolute Gasteiger partial charge is 0.264 e. The van der Waals surface area contributed by atoms with Crippen molar-refractivity contribution >= 4 is 23.2 Å². The number of amides is 2. The Kier molecular flexibility index (Phi) is 4.74. The van der Waals surface area contributed by atoms with Crippen molar-refractivity contribution in [2.45, 2.75) is 13.0 Å². The van der Waals surface area contributed by atoms with Crippen LogP contribution in [0.1, 0.15) is 30.5 Å². The van der Waals surface area contributed by atoms with Gasteiger partial charge in [-0.25, -0.2) is 4.39 Å². The third-order valence-corrected chi connectivity index (χ3v) is 5.98. The van der Waals surface area contributed by atoms with Crippen molar-refractivity contribution in [3.8, 4) is 0 Å². The van der Waals surface area contributed by atoms with Gasteiger partial charge in [0.05, 0.1) is 18.1 Å². The fourth-order valence-corrected chi connectivity index (χ4v) is 4.44. The maximum atomic E-state index is 13.1. The van der Waals surface area contributed by atoms with E-state index in [1.54, 1.807) is 4.90 Å². The predicted molar refractivity (Wildman–Crippen MR) is 95.9 cm³/mol. The first-order valence-electron chi connectivity index (χ1n) is 8.65. The summed E-state index contributed by atoms with van der Waals surface area (Å²) >= 11 is 1.53. The van der Waals surface area contributed by atoms with Crippen LogP contribution in [0.5, 0.6) is 0 Å². The van der Waals surface area contributed by atoms with Crippen LogP contribution < -0.4 is 0 Å². The second-order valence-corrected chi connectivity index (χ2v) is 7.58. The molecule has 0 saturated carbocycles. The highest BCUT2D eigenvalue weighted by molar-refractivity contribution is 7.14. The highest BCUT2D eigenvalue weighted by Crippen LogP contribution is 2.30. The fourth-order valence-electron chi connectivity index (χ4n) is 3.31. The number of benzene rings is 1. The second kappa shape index (κ2) is 7.17. The lowest BCUT2D eigenvalue weighted by Crippen LogP contribution is -2.40. The molecule has 0 radical (unpaired) electrons. The average Bonchev–Trinajstić information content (AvgIpc) is 3.11. The van der Waals surface area contributed by atoms with Crippen molar-refractivity contribution in [1.82, 2.24) is 9.80 Å². The number of carbonyl (C=O) groups is 2. The summed E-state index contributed by atoms with van der Waals surface area (Å²) < 4.78 is 18.4. The molecule has 26 heavy (non-hydrogen) atoms. The SMILES string of the molecule is O=C(c1ccc(F)cc1)N1CCc2sc(C(=O)N3CCOCC3)cc2C1. The minimum Gasteiger partial charge on any atom is -0.378 e. The average molecular weight is 374 g/mol. The first-order valence-corrected chi connectivity index (χ1v) is 9.47. The third-order valence-electron chi connectivity index (χ3n) is 4.75. The molecular weight excluding hydrogens is 355 g/mol. The zero-order chi connectivity index (χ0) is 18.1. The summed E-state index contributed by atoms with van der Waals surface area (Å²) in [5, 5.41) is 0. The predicted octanol–water partition coefficient (Wildman–Crippen LogP) is 2.56. The number of morpholine rings is 1. The summed E-state index contributed by atoms with van der Waals surface area (Å²) in [7, 11) is 0. The molecule has 0 atom stereocenters. The Morgan fingerprint density at radius 2 is 1.73 bits per heavy atom. The largest absolute Gasteiger partial charge is 0.378 e. The lowest BCUT2D eigenvalue weighted by Gasteiger charge is -2.27. The van der Waals surface area contributed by atoms with Crippen molar-refractivity contribution in [3.63, 3.8) is 0 Å². The van der Waals surface area contributed by atoms with E-state index in [2.05, 4.69) is 0 Å². The number of hydrogen-bond acceptors (Lipinski definition) is 4. The van der Waals surface area contributed by atoms with Gasteiger partial charge in [0, 0.05) is 36.6 Å². The van der Waals surface area contributed by atoms with Crippen molar-refractivity contribution in [2.75, 3.05) is 32.8 Å². The highest BCUT2D eigenvalue weighted by atomic mass is 32.1. The van der Waals surface area contributed by atoms with Crippen LogP contribution >= 0.6 is 11.3 Å². The van der Waals surface area contributed by atoms with Gasteiger partial charge in [-0.2, -0.15) is 0 Å². The zero-order valence-corrected chi connectivity index (χ0v) is 15.1. The quantitative estimate of drug-likeness (QED) is 0.812. The second-order valence-electron chi connectivity index (χ2n) is 6.45. The molecule has 1 fully saturated rings. The number of thiophene rings is 1. The summed E-state index contributed by atoms with van der Waals surface area (Å²) in [5.74, 6) is -0.418. The normalized spacial score (nSPS) is 17.1. The molecule has 1 aromatic carbocycles. The van der Waals surface area contributed by atoms with Crippen molar-refractivity contribution in [2.24, 2.45) is 0 Å². The van der Waals surface area contributed by atoms with Gasteiger partial charge in [-0.05, 0) is 42.3 Å². The Balaban J connectivity index is 1.48. The first-order chi connectivity index (χ1) is 12.6. The van der Waals surface area contributed by atoms with E-state index in [4.69, 9.17) is 4.74 Å². The number of nitrogens with zero attached hydrogens (tertiary/aromatic N) is 2. The van der Waals surface area contributed by atoms with Crippen LogP contribution in [0.2, 0.25) is 0 Å². The van der Waals surface area contributed by atoms with Gasteiger partial charge in [0.2, 0.25) is 0 Å². The van der Waals surface area contributed by atoms with E-state index in [9.17, 15) is 14.0 Å². The Morgan fingerprint density at radius 1 is 1.00 bits per heavy atom. The summed E-state index contributed by atoms with van der Waals surface area (Å²) in [5.41, 5.74) is 1.52. The fraction of sp³-hybridized carbons (Fsp3) is 0.368. The lowest BCUT2D eigenvalue weighted by molar-refractivity contribution is 0.0306. The summed E-state index contributed by atoms with van der Waals surface area (Å²) in [4.78, 5) is 30.8. The number of carbonyl (C=O) groups excluding carboxylic acids is 2. The van der Waals surface area contributed by atoms with Crippen LogP contribution in [0, 0.1) is 5.82 Å². The number of fused-ring (bicyclic) bond motifs is 1. The van der Waals surface area contributed by atoms with Crippen molar-refractivity contribution in [1.29, 1.82) is 0 Å². The van der Waals surface area contributed by atoms with Crippen LogP contribution in [-0.2, 0) is 17.7 Å². The molecule has 5 nitrogen and oxygen atoms in total. The monoisotopic (exact) mass is 374 g/mol. The Bertz CT molecular complexity index is 828. The number of ether oxygens (including phenoxy) is 1. The first kappa shape index (κ1) is 17.2. The molecule has 4 rings (SSSR count). The van der Waals surface area contributed by atoms with E-state index < -0.39 is 0 Å². The molecular formula is C19H19FN2O3S. The van der Waals surface area contributed by atoms with Gasteiger partial charge in [-0.3, -0.25) is 9.59 Å². The van der Waals surface area contributed by atoms with Gasteiger partial charge in [0.1, 0.15) is 5.82 Å². The molecule has 1 saturated heterocycles. The number of rotatable bonds is 2. The molecule has 0 bridgehead atoms. The third kappa shape index (κ3) is 3.37. The molecule has 0 unspecified atom stereocenters.